The van der Waals surface area contributed by atoms with E-state index in [1.807, 2.05) is 30.3 Å². The molecule has 2 atom stereocenters. The van der Waals surface area contributed by atoms with Gasteiger partial charge in [-0.3, -0.25) is 4.79 Å². The van der Waals surface area contributed by atoms with Crippen LogP contribution in [0.15, 0.2) is 30.3 Å². The first kappa shape index (κ1) is 23.0. The molecule has 0 fully saturated rings. The van der Waals surface area contributed by atoms with Crippen molar-refractivity contribution >= 4 is 18.0 Å². The number of unbranched alkanes of at least 4 members (excludes halogenated alkanes) is 1. The Bertz CT molecular complexity index is 671. The van der Waals surface area contributed by atoms with Crippen LogP contribution in [0.25, 0.3) is 0 Å². The Hall–Kier alpha value is -3.05. The summed E-state index contributed by atoms with van der Waals surface area (Å²) in [6, 6.07) is 8.30. The fourth-order valence-corrected chi connectivity index (χ4v) is 2.31. The van der Waals surface area contributed by atoms with Crippen molar-refractivity contribution in [1.82, 2.24) is 10.6 Å². The standard InChI is InChI=1S/C20H26N2O6/c1-3-4-6-11-17(19(25)27-2)22-18(24)12-16(23)13-21-20(26)28-14-15-9-7-5-8-10-15/h1,5,7-10,16-17,23H,4,6,11-14H2,2H3,(H,21,26)(H,22,24)/t16-,17+/m1/s1. The monoisotopic (exact) mass is 390 g/mol. The number of ether oxygens (including phenoxy) is 2. The largest absolute Gasteiger partial charge is 0.467 e. The molecule has 0 heterocycles. The van der Waals surface area contributed by atoms with Gasteiger partial charge in [-0.25, -0.2) is 9.59 Å². The van der Waals surface area contributed by atoms with E-state index in [1.165, 1.54) is 7.11 Å². The fourth-order valence-electron chi connectivity index (χ4n) is 2.31. The quantitative estimate of drug-likeness (QED) is 0.296. The zero-order valence-corrected chi connectivity index (χ0v) is 15.8. The van der Waals surface area contributed by atoms with Gasteiger partial charge in [0.05, 0.1) is 19.6 Å². The highest BCUT2D eigenvalue weighted by atomic mass is 16.5. The van der Waals surface area contributed by atoms with Crippen molar-refractivity contribution < 1.29 is 29.0 Å². The van der Waals surface area contributed by atoms with Gasteiger partial charge >= 0.3 is 12.1 Å². The molecule has 3 N–H and O–H groups in total. The molecule has 0 radical (unpaired) electrons. The molecule has 1 aromatic carbocycles. The third-order valence-corrected chi connectivity index (χ3v) is 3.75. The Kier molecular flexibility index (Phi) is 10.8. The minimum absolute atomic E-state index is 0.0989. The highest BCUT2D eigenvalue weighted by Crippen LogP contribution is 2.04. The zero-order valence-electron chi connectivity index (χ0n) is 15.8. The summed E-state index contributed by atoms with van der Waals surface area (Å²) in [6.45, 7) is -0.0667. The second-order valence-electron chi connectivity index (χ2n) is 6.04. The van der Waals surface area contributed by atoms with Crippen LogP contribution in [0.5, 0.6) is 0 Å². The van der Waals surface area contributed by atoms with Crippen LogP contribution in [0.1, 0.15) is 31.2 Å². The normalized spacial score (nSPS) is 12.2. The first-order valence-corrected chi connectivity index (χ1v) is 8.89. The highest BCUT2D eigenvalue weighted by molar-refractivity contribution is 5.84. The number of hydrogen-bond donors (Lipinski definition) is 3. The molecule has 0 saturated heterocycles. The van der Waals surface area contributed by atoms with Crippen molar-refractivity contribution in [2.45, 2.75) is 44.4 Å². The summed E-state index contributed by atoms with van der Waals surface area (Å²) in [4.78, 5) is 35.4. The fraction of sp³-hybridized carbons (Fsp3) is 0.450. The van der Waals surface area contributed by atoms with E-state index in [4.69, 9.17) is 11.2 Å². The minimum Gasteiger partial charge on any atom is -0.467 e. The van der Waals surface area contributed by atoms with E-state index in [2.05, 4.69) is 21.3 Å². The summed E-state index contributed by atoms with van der Waals surface area (Å²) < 4.78 is 9.66. The number of esters is 1. The highest BCUT2D eigenvalue weighted by Gasteiger charge is 2.22. The number of rotatable bonds is 11. The van der Waals surface area contributed by atoms with Crippen molar-refractivity contribution in [3.63, 3.8) is 0 Å². The van der Waals surface area contributed by atoms with E-state index in [0.29, 0.717) is 19.3 Å². The molecule has 0 saturated carbocycles. The predicted molar refractivity (Wildman–Crippen MR) is 102 cm³/mol. The minimum atomic E-state index is -1.13. The number of aliphatic hydroxyl groups is 1. The molecule has 152 valence electrons. The zero-order chi connectivity index (χ0) is 20.8. The van der Waals surface area contributed by atoms with Crippen LogP contribution in [-0.2, 0) is 25.7 Å². The Morgan fingerprint density at radius 3 is 2.61 bits per heavy atom. The van der Waals surface area contributed by atoms with Crippen LogP contribution in [0.2, 0.25) is 0 Å². The van der Waals surface area contributed by atoms with Gasteiger partial charge in [0.15, 0.2) is 0 Å². The summed E-state index contributed by atoms with van der Waals surface area (Å²) in [5.74, 6) is 1.34. The van der Waals surface area contributed by atoms with Crippen molar-refractivity contribution in [3.05, 3.63) is 35.9 Å². The molecular formula is C20H26N2O6. The van der Waals surface area contributed by atoms with E-state index in [0.717, 1.165) is 5.56 Å². The molecule has 28 heavy (non-hydrogen) atoms. The molecule has 0 aromatic heterocycles. The molecule has 8 nitrogen and oxygen atoms in total. The van der Waals surface area contributed by atoms with E-state index in [1.54, 1.807) is 0 Å². The van der Waals surface area contributed by atoms with Crippen LogP contribution < -0.4 is 10.6 Å². The van der Waals surface area contributed by atoms with Crippen LogP contribution in [0.3, 0.4) is 0 Å². The lowest BCUT2D eigenvalue weighted by molar-refractivity contribution is -0.145. The van der Waals surface area contributed by atoms with Crippen molar-refractivity contribution in [2.75, 3.05) is 13.7 Å². The molecule has 0 aliphatic rings. The maximum atomic E-state index is 12.0. The molecule has 0 aliphatic heterocycles. The van der Waals surface area contributed by atoms with Crippen LogP contribution >= 0.6 is 0 Å². The lowest BCUT2D eigenvalue weighted by atomic mass is 10.1. The van der Waals surface area contributed by atoms with Crippen LogP contribution in [-0.4, -0.2) is 48.9 Å². The molecule has 1 aromatic rings. The van der Waals surface area contributed by atoms with E-state index >= 15 is 0 Å². The lowest BCUT2D eigenvalue weighted by Gasteiger charge is -2.17. The van der Waals surface area contributed by atoms with Gasteiger partial charge in [0, 0.05) is 13.0 Å². The number of hydrogen-bond acceptors (Lipinski definition) is 6. The van der Waals surface area contributed by atoms with Crippen molar-refractivity contribution in [3.8, 4) is 12.3 Å². The van der Waals surface area contributed by atoms with Gasteiger partial charge in [-0.05, 0) is 18.4 Å². The van der Waals surface area contributed by atoms with Crippen LogP contribution in [0, 0.1) is 12.3 Å². The van der Waals surface area contributed by atoms with Gasteiger partial charge in [0.25, 0.3) is 0 Å². The van der Waals surface area contributed by atoms with E-state index < -0.39 is 30.1 Å². The van der Waals surface area contributed by atoms with Crippen LogP contribution in [0.4, 0.5) is 4.79 Å². The maximum Gasteiger partial charge on any atom is 0.407 e. The third-order valence-electron chi connectivity index (χ3n) is 3.75. The SMILES string of the molecule is C#CCCC[C@H](NC(=O)C[C@@H](O)CNC(=O)OCc1ccccc1)C(=O)OC. The molecule has 0 bridgehead atoms. The number of nitrogens with one attached hydrogen (secondary N) is 2. The van der Waals surface area contributed by atoms with Gasteiger partial charge in [-0.1, -0.05) is 30.3 Å². The number of methoxy groups -OCH3 is 1. The first-order valence-electron chi connectivity index (χ1n) is 8.89. The molecule has 8 heteroatoms. The Morgan fingerprint density at radius 2 is 1.96 bits per heavy atom. The Morgan fingerprint density at radius 1 is 1.25 bits per heavy atom. The molecule has 0 spiro atoms. The van der Waals surface area contributed by atoms with Gasteiger partial charge in [0.1, 0.15) is 12.6 Å². The molecule has 0 unspecified atom stereocenters. The molecule has 2 amide bonds. The molecular weight excluding hydrogens is 364 g/mol. The third kappa shape index (κ3) is 9.59. The smallest absolute Gasteiger partial charge is 0.407 e. The van der Waals surface area contributed by atoms with Gasteiger partial charge in [0.2, 0.25) is 5.91 Å². The number of alkyl carbamates (subject to hydrolysis) is 1. The average Bonchev–Trinajstić information content (AvgIpc) is 2.70. The second kappa shape index (κ2) is 13.2. The topological polar surface area (TPSA) is 114 Å². The van der Waals surface area contributed by atoms with Gasteiger partial charge in [-0.2, -0.15) is 0 Å². The average molecular weight is 390 g/mol. The number of benzene rings is 1. The summed E-state index contributed by atoms with van der Waals surface area (Å²) in [6.07, 6.45) is 4.41. The number of aliphatic hydroxyl groups excluding tert-OH is 1. The molecule has 1 rings (SSSR count). The van der Waals surface area contributed by atoms with E-state index in [-0.39, 0.29) is 19.6 Å². The predicted octanol–water partition coefficient (Wildman–Crippen LogP) is 1.13. The summed E-state index contributed by atoms with van der Waals surface area (Å²) in [7, 11) is 1.22. The first-order chi connectivity index (χ1) is 13.5. The number of amides is 2. The number of carbonyl (C=O) groups excluding carboxylic acids is 3. The van der Waals surface area contributed by atoms with E-state index in [9.17, 15) is 19.5 Å². The van der Waals surface area contributed by atoms with Crippen molar-refractivity contribution in [2.24, 2.45) is 0 Å². The second-order valence-corrected chi connectivity index (χ2v) is 6.04. The summed E-state index contributed by atoms with van der Waals surface area (Å²) in [5.41, 5.74) is 0.830. The summed E-state index contributed by atoms with van der Waals surface area (Å²) in [5, 5.41) is 14.8. The number of carbonyl (C=O) groups is 3. The van der Waals surface area contributed by atoms with Gasteiger partial charge < -0.3 is 25.2 Å². The Balaban J connectivity index is 2.32. The molecule has 0 aliphatic carbocycles. The Labute approximate surface area is 164 Å². The number of terminal acetylenes is 1. The van der Waals surface area contributed by atoms with Gasteiger partial charge in [-0.15, -0.1) is 12.3 Å². The lowest BCUT2D eigenvalue weighted by Crippen LogP contribution is -2.43. The summed E-state index contributed by atoms with van der Waals surface area (Å²) >= 11 is 0. The maximum absolute atomic E-state index is 12.0. The van der Waals surface area contributed by atoms with Crippen molar-refractivity contribution in [1.29, 1.82) is 0 Å².